The highest BCUT2D eigenvalue weighted by molar-refractivity contribution is 7.89. The lowest BCUT2D eigenvalue weighted by Crippen LogP contribution is -2.30. The Kier molecular flexibility index (Phi) is 4.68. The van der Waals surface area contributed by atoms with E-state index in [1.807, 2.05) is 0 Å². The Balaban J connectivity index is 1.42. The van der Waals surface area contributed by atoms with Crippen LogP contribution in [0.4, 0.5) is 4.39 Å². The molecule has 10 heteroatoms. The van der Waals surface area contributed by atoms with Gasteiger partial charge >= 0.3 is 0 Å². The molecule has 8 nitrogen and oxygen atoms in total. The van der Waals surface area contributed by atoms with Crippen LogP contribution in [0.3, 0.4) is 0 Å². The molecule has 1 aliphatic carbocycles. The molecule has 144 valence electrons. The van der Waals surface area contributed by atoms with Crippen LogP contribution in [-0.4, -0.2) is 35.9 Å². The fourth-order valence-electron chi connectivity index (χ4n) is 3.13. The fourth-order valence-corrected chi connectivity index (χ4v) is 4.11. The first-order valence-corrected chi connectivity index (χ1v) is 10.3. The van der Waals surface area contributed by atoms with Crippen LogP contribution in [0.15, 0.2) is 33.7 Å². The van der Waals surface area contributed by atoms with Crippen molar-refractivity contribution in [2.75, 3.05) is 6.54 Å². The highest BCUT2D eigenvalue weighted by atomic mass is 32.2. The number of benzene rings is 1. The molecule has 2 aromatic rings. The number of sulfonamides is 1. The van der Waals surface area contributed by atoms with Crippen molar-refractivity contribution in [2.24, 2.45) is 5.92 Å². The number of hydrogen-bond acceptors (Lipinski definition) is 6. The van der Waals surface area contributed by atoms with Gasteiger partial charge in [0.1, 0.15) is 11.9 Å². The SMILES string of the molecule is O=C1CC[C@@H](c2nc(CNS(=O)(=O)c3ccc(F)cc3)no2)N1CC1CC1. The minimum absolute atomic E-state index is 0.0513. The lowest BCUT2D eigenvalue weighted by molar-refractivity contribution is -0.129. The largest absolute Gasteiger partial charge is 0.337 e. The van der Waals surface area contributed by atoms with Gasteiger partial charge in [0.2, 0.25) is 21.8 Å². The first kappa shape index (κ1) is 18.1. The van der Waals surface area contributed by atoms with Crippen molar-refractivity contribution in [3.63, 3.8) is 0 Å². The molecule has 1 aromatic carbocycles. The third kappa shape index (κ3) is 4.01. The molecule has 2 aliphatic rings. The maximum Gasteiger partial charge on any atom is 0.249 e. The normalized spacial score (nSPS) is 20.4. The Morgan fingerprint density at radius 2 is 1.96 bits per heavy atom. The van der Waals surface area contributed by atoms with Crippen LogP contribution in [0.2, 0.25) is 0 Å². The van der Waals surface area contributed by atoms with E-state index in [9.17, 15) is 17.6 Å². The van der Waals surface area contributed by atoms with Crippen LogP contribution < -0.4 is 4.72 Å². The van der Waals surface area contributed by atoms with Crippen LogP contribution in [0.25, 0.3) is 0 Å². The lowest BCUT2D eigenvalue weighted by atomic mass is 10.2. The van der Waals surface area contributed by atoms with Gasteiger partial charge in [-0.1, -0.05) is 5.16 Å². The van der Waals surface area contributed by atoms with Gasteiger partial charge < -0.3 is 9.42 Å². The van der Waals surface area contributed by atoms with E-state index in [2.05, 4.69) is 14.9 Å². The summed E-state index contributed by atoms with van der Waals surface area (Å²) < 4.78 is 45.0. The highest BCUT2D eigenvalue weighted by Crippen LogP contribution is 2.37. The molecule has 0 unspecified atom stereocenters. The summed E-state index contributed by atoms with van der Waals surface area (Å²) in [6, 6.07) is 4.27. The summed E-state index contributed by atoms with van der Waals surface area (Å²) in [5.74, 6) is 0.639. The van der Waals surface area contributed by atoms with Gasteiger partial charge in [-0.2, -0.15) is 4.98 Å². The average molecular weight is 394 g/mol. The second-order valence-corrected chi connectivity index (χ2v) is 8.64. The molecular formula is C17H19FN4O4S. The molecule has 1 amide bonds. The topological polar surface area (TPSA) is 105 Å². The van der Waals surface area contributed by atoms with E-state index >= 15 is 0 Å². The van der Waals surface area contributed by atoms with Crippen molar-refractivity contribution in [3.8, 4) is 0 Å². The van der Waals surface area contributed by atoms with E-state index in [4.69, 9.17) is 4.52 Å². The molecule has 27 heavy (non-hydrogen) atoms. The molecule has 0 bridgehead atoms. The van der Waals surface area contributed by atoms with E-state index in [1.165, 1.54) is 12.1 Å². The molecule has 2 fully saturated rings. The summed E-state index contributed by atoms with van der Waals surface area (Å²) in [6.07, 6.45) is 3.34. The van der Waals surface area contributed by atoms with Gasteiger partial charge in [0.25, 0.3) is 0 Å². The van der Waals surface area contributed by atoms with Gasteiger partial charge in [-0.15, -0.1) is 0 Å². The molecule has 4 rings (SSSR count). The van der Waals surface area contributed by atoms with Gasteiger partial charge in [0.05, 0.1) is 11.4 Å². The standard InChI is InChI=1S/C17H19FN4O4S/c18-12-3-5-13(6-4-12)27(24,25)19-9-15-20-17(26-21-15)14-7-8-16(23)22(14)10-11-1-2-11/h3-6,11,14,19H,1-2,7-10H2/t14-/m0/s1. The average Bonchev–Trinajstić information content (AvgIpc) is 3.21. The van der Waals surface area contributed by atoms with Crippen LogP contribution in [0.1, 0.15) is 43.4 Å². The first-order chi connectivity index (χ1) is 12.9. The number of likely N-dealkylation sites (tertiary alicyclic amines) is 1. The molecule has 0 radical (unpaired) electrons. The van der Waals surface area contributed by atoms with Gasteiger partial charge in [-0.3, -0.25) is 4.79 Å². The van der Waals surface area contributed by atoms with Crippen molar-refractivity contribution >= 4 is 15.9 Å². The minimum atomic E-state index is -3.82. The fraction of sp³-hybridized carbons (Fsp3) is 0.471. The number of carbonyl (C=O) groups is 1. The third-order valence-corrected chi connectivity index (χ3v) is 6.21. The van der Waals surface area contributed by atoms with Crippen LogP contribution in [0.5, 0.6) is 0 Å². The van der Waals surface area contributed by atoms with Crippen LogP contribution in [-0.2, 0) is 21.4 Å². The lowest BCUT2D eigenvalue weighted by Gasteiger charge is -2.21. The van der Waals surface area contributed by atoms with E-state index in [1.54, 1.807) is 4.90 Å². The van der Waals surface area contributed by atoms with Gasteiger partial charge in [0.15, 0.2) is 5.82 Å². The van der Waals surface area contributed by atoms with E-state index in [0.717, 1.165) is 25.0 Å². The summed E-state index contributed by atoms with van der Waals surface area (Å²) >= 11 is 0. The Morgan fingerprint density at radius 1 is 1.22 bits per heavy atom. The molecule has 1 aliphatic heterocycles. The van der Waals surface area contributed by atoms with Gasteiger partial charge in [-0.05, 0) is 49.4 Å². The van der Waals surface area contributed by atoms with Crippen LogP contribution in [0, 0.1) is 11.7 Å². The quantitative estimate of drug-likeness (QED) is 0.767. The Morgan fingerprint density at radius 3 is 2.67 bits per heavy atom. The minimum Gasteiger partial charge on any atom is -0.337 e. The number of amides is 1. The van der Waals surface area contributed by atoms with Crippen molar-refractivity contribution in [3.05, 3.63) is 41.8 Å². The van der Waals surface area contributed by atoms with E-state index in [-0.39, 0.29) is 29.2 Å². The Bertz CT molecular complexity index is 940. The summed E-state index contributed by atoms with van der Waals surface area (Å²) in [5.41, 5.74) is 0. The maximum atomic E-state index is 12.9. The van der Waals surface area contributed by atoms with Crippen LogP contribution >= 0.6 is 0 Å². The predicted octanol–water partition coefficient (Wildman–Crippen LogP) is 1.76. The molecule has 1 saturated carbocycles. The molecule has 1 saturated heterocycles. The van der Waals surface area contributed by atoms with Crippen molar-refractivity contribution in [2.45, 2.75) is 43.2 Å². The number of rotatable bonds is 7. The molecular weight excluding hydrogens is 375 g/mol. The van der Waals surface area contributed by atoms with Crippen molar-refractivity contribution in [1.82, 2.24) is 19.8 Å². The highest BCUT2D eigenvalue weighted by Gasteiger charge is 2.39. The Labute approximate surface area is 155 Å². The number of halogens is 1. The molecule has 1 aromatic heterocycles. The molecule has 1 N–H and O–H groups in total. The van der Waals surface area contributed by atoms with E-state index < -0.39 is 15.8 Å². The summed E-state index contributed by atoms with van der Waals surface area (Å²) in [7, 11) is -3.82. The van der Waals surface area contributed by atoms with E-state index in [0.29, 0.717) is 31.2 Å². The van der Waals surface area contributed by atoms with Gasteiger partial charge in [-0.25, -0.2) is 17.5 Å². The van der Waals surface area contributed by atoms with Gasteiger partial charge in [0, 0.05) is 13.0 Å². The summed E-state index contributed by atoms with van der Waals surface area (Å²) in [4.78, 5) is 18.1. The Hall–Kier alpha value is -2.33. The zero-order valence-electron chi connectivity index (χ0n) is 14.5. The summed E-state index contributed by atoms with van der Waals surface area (Å²) in [6.45, 7) is 0.547. The molecule has 1 atom stereocenters. The zero-order chi connectivity index (χ0) is 19.0. The summed E-state index contributed by atoms with van der Waals surface area (Å²) in [5, 5.41) is 3.81. The molecule has 0 spiro atoms. The number of nitrogens with zero attached hydrogens (tertiary/aromatic N) is 3. The number of aromatic nitrogens is 2. The zero-order valence-corrected chi connectivity index (χ0v) is 15.3. The first-order valence-electron chi connectivity index (χ1n) is 8.79. The van der Waals surface area contributed by atoms with Crippen molar-refractivity contribution < 1.29 is 22.1 Å². The third-order valence-electron chi connectivity index (χ3n) is 4.79. The monoisotopic (exact) mass is 394 g/mol. The van der Waals surface area contributed by atoms with Crippen molar-refractivity contribution in [1.29, 1.82) is 0 Å². The number of carbonyl (C=O) groups excluding carboxylic acids is 1. The number of hydrogen-bond donors (Lipinski definition) is 1. The second-order valence-electron chi connectivity index (χ2n) is 6.87. The smallest absolute Gasteiger partial charge is 0.249 e. The second kappa shape index (κ2) is 7.01. The predicted molar refractivity (Wildman–Crippen MR) is 91.1 cm³/mol. The molecule has 2 heterocycles. The maximum absolute atomic E-state index is 12.9. The number of nitrogens with one attached hydrogen (secondary N) is 1.